The number of carbonyl (C=O) groups excluding carboxylic acids is 2. The van der Waals surface area contributed by atoms with E-state index in [-0.39, 0.29) is 28.9 Å². The molecule has 0 bridgehead atoms. The highest BCUT2D eigenvalue weighted by Crippen LogP contribution is 2.36. The summed E-state index contributed by atoms with van der Waals surface area (Å²) < 4.78 is 40.4. The van der Waals surface area contributed by atoms with Crippen molar-refractivity contribution in [3.8, 4) is 5.69 Å². The molecule has 1 fully saturated rings. The molecule has 0 spiro atoms. The number of pyridine rings is 1. The lowest BCUT2D eigenvalue weighted by atomic mass is 9.86. The van der Waals surface area contributed by atoms with Crippen molar-refractivity contribution in [1.29, 1.82) is 0 Å². The van der Waals surface area contributed by atoms with Crippen LogP contribution in [0.25, 0.3) is 16.7 Å². The molecule has 36 heavy (non-hydrogen) atoms. The minimum Gasteiger partial charge on any atom is -0.382 e. The smallest absolute Gasteiger partial charge is 0.382 e. The van der Waals surface area contributed by atoms with Crippen molar-refractivity contribution < 1.29 is 22.8 Å². The van der Waals surface area contributed by atoms with Crippen LogP contribution in [0.4, 0.5) is 24.8 Å². The Kier molecular flexibility index (Phi) is 5.86. The summed E-state index contributed by atoms with van der Waals surface area (Å²) in [6.45, 7) is 0. The highest BCUT2D eigenvalue weighted by Gasteiger charge is 2.31. The van der Waals surface area contributed by atoms with Gasteiger partial charge in [-0.25, -0.2) is 19.6 Å². The van der Waals surface area contributed by atoms with Crippen molar-refractivity contribution >= 4 is 34.4 Å². The molecule has 0 atom stereocenters. The van der Waals surface area contributed by atoms with Crippen LogP contribution in [0.3, 0.4) is 0 Å². The molecule has 12 heteroatoms. The van der Waals surface area contributed by atoms with Gasteiger partial charge in [-0.15, -0.1) is 0 Å². The minimum atomic E-state index is -4.55. The third kappa shape index (κ3) is 4.49. The van der Waals surface area contributed by atoms with E-state index in [1.165, 1.54) is 18.5 Å². The molecule has 0 unspecified atom stereocenters. The third-order valence-electron chi connectivity index (χ3n) is 6.15. The zero-order valence-electron chi connectivity index (χ0n) is 18.8. The summed E-state index contributed by atoms with van der Waals surface area (Å²) in [4.78, 5) is 36.5. The molecule has 3 N–H and O–H groups in total. The number of nitrogens with one attached hydrogen (secondary N) is 1. The van der Waals surface area contributed by atoms with Crippen molar-refractivity contribution in [2.24, 2.45) is 0 Å². The number of nitrogen functional groups attached to an aromatic ring is 1. The zero-order chi connectivity index (χ0) is 25.4. The second-order valence-electron chi connectivity index (χ2n) is 8.49. The Balaban J connectivity index is 1.43. The van der Waals surface area contributed by atoms with Crippen LogP contribution in [-0.4, -0.2) is 36.4 Å². The second-order valence-corrected chi connectivity index (χ2v) is 8.49. The molecule has 5 rings (SSSR count). The van der Waals surface area contributed by atoms with Gasteiger partial charge in [0, 0.05) is 30.5 Å². The lowest BCUT2D eigenvalue weighted by molar-refractivity contribution is -0.137. The molecule has 0 aliphatic heterocycles. The van der Waals surface area contributed by atoms with Gasteiger partial charge in [-0.3, -0.25) is 9.59 Å². The number of amides is 1. The molecule has 1 amide bonds. The summed E-state index contributed by atoms with van der Waals surface area (Å²) in [5, 5.41) is 7.13. The van der Waals surface area contributed by atoms with Gasteiger partial charge >= 0.3 is 6.18 Å². The van der Waals surface area contributed by atoms with Gasteiger partial charge in [0.05, 0.1) is 16.9 Å². The van der Waals surface area contributed by atoms with Crippen LogP contribution in [0, 0.1) is 0 Å². The first-order chi connectivity index (χ1) is 17.2. The van der Waals surface area contributed by atoms with E-state index in [0.717, 1.165) is 24.0 Å². The predicted octanol–water partition coefficient (Wildman–Crippen LogP) is 4.29. The zero-order valence-corrected chi connectivity index (χ0v) is 18.8. The maximum atomic E-state index is 12.9. The summed E-state index contributed by atoms with van der Waals surface area (Å²) >= 11 is 0. The first-order valence-corrected chi connectivity index (χ1v) is 11.2. The number of aromatic nitrogens is 5. The Hall–Kier alpha value is -4.35. The highest BCUT2D eigenvalue weighted by molar-refractivity contribution is 6.04. The van der Waals surface area contributed by atoms with Gasteiger partial charge in [0.25, 0.3) is 5.91 Å². The maximum Gasteiger partial charge on any atom is 0.416 e. The third-order valence-corrected chi connectivity index (χ3v) is 6.15. The number of Topliss-reactive ketones (excluding diaryl/α,β-unsaturated/α-hetero) is 1. The summed E-state index contributed by atoms with van der Waals surface area (Å²) in [5.74, 6) is -0.293. The Morgan fingerprint density at radius 2 is 1.78 bits per heavy atom. The van der Waals surface area contributed by atoms with Crippen LogP contribution < -0.4 is 11.1 Å². The Morgan fingerprint density at radius 1 is 1.06 bits per heavy atom. The summed E-state index contributed by atoms with van der Waals surface area (Å²) in [5.41, 5.74) is 7.92. The topological polar surface area (TPSA) is 129 Å². The molecule has 1 aromatic carbocycles. The van der Waals surface area contributed by atoms with Crippen molar-refractivity contribution in [2.75, 3.05) is 11.1 Å². The molecule has 1 aliphatic rings. The number of halogens is 3. The summed E-state index contributed by atoms with van der Waals surface area (Å²) in [7, 11) is 0. The number of hydrogen-bond acceptors (Lipinski definition) is 7. The van der Waals surface area contributed by atoms with E-state index in [9.17, 15) is 22.8 Å². The number of nitrogens with zero attached hydrogens (tertiary/aromatic N) is 5. The van der Waals surface area contributed by atoms with Crippen LogP contribution in [0.1, 0.15) is 53.2 Å². The maximum absolute atomic E-state index is 12.9. The highest BCUT2D eigenvalue weighted by atomic mass is 19.4. The minimum absolute atomic E-state index is 0.0609. The van der Waals surface area contributed by atoms with Crippen molar-refractivity contribution in [2.45, 2.75) is 37.8 Å². The summed E-state index contributed by atoms with van der Waals surface area (Å²) in [6.07, 6.45) is 0.143. The van der Waals surface area contributed by atoms with Gasteiger partial charge in [-0.2, -0.15) is 18.3 Å². The van der Waals surface area contributed by atoms with E-state index in [1.807, 2.05) is 0 Å². The quantitative estimate of drug-likeness (QED) is 0.432. The molecule has 184 valence electrons. The van der Waals surface area contributed by atoms with Crippen LogP contribution >= 0.6 is 0 Å². The second kappa shape index (κ2) is 9.02. The van der Waals surface area contributed by atoms with Crippen LogP contribution in [0.2, 0.25) is 0 Å². The van der Waals surface area contributed by atoms with Gasteiger partial charge in [0.1, 0.15) is 29.0 Å². The average molecular weight is 495 g/mol. The normalized spacial score (nSPS) is 14.8. The molecular formula is C24H20F3N7O2. The van der Waals surface area contributed by atoms with Gasteiger partial charge < -0.3 is 11.1 Å². The van der Waals surface area contributed by atoms with E-state index in [0.29, 0.717) is 42.4 Å². The molecule has 0 saturated heterocycles. The fourth-order valence-corrected chi connectivity index (χ4v) is 4.29. The molecule has 3 aromatic heterocycles. The molecule has 9 nitrogen and oxygen atoms in total. The Labute approximate surface area is 202 Å². The number of carbonyl (C=O) groups is 2. The molecule has 1 saturated carbocycles. The van der Waals surface area contributed by atoms with Crippen LogP contribution in [-0.2, 0) is 11.0 Å². The fraction of sp³-hybridized carbons (Fsp3) is 0.250. The lowest BCUT2D eigenvalue weighted by Gasteiger charge is -2.18. The van der Waals surface area contributed by atoms with E-state index in [1.54, 1.807) is 16.8 Å². The lowest BCUT2D eigenvalue weighted by Crippen LogP contribution is -2.14. The predicted molar refractivity (Wildman–Crippen MR) is 124 cm³/mol. The fourth-order valence-electron chi connectivity index (χ4n) is 4.29. The molecule has 3 heterocycles. The van der Waals surface area contributed by atoms with Crippen LogP contribution in [0.15, 0.2) is 48.9 Å². The van der Waals surface area contributed by atoms with Gasteiger partial charge in [-0.05, 0) is 49.2 Å². The van der Waals surface area contributed by atoms with Gasteiger partial charge in [0.15, 0.2) is 5.82 Å². The van der Waals surface area contributed by atoms with E-state index < -0.39 is 17.6 Å². The average Bonchev–Trinajstić information content (AvgIpc) is 3.25. The van der Waals surface area contributed by atoms with Crippen molar-refractivity contribution in [3.05, 3.63) is 65.7 Å². The molecular weight excluding hydrogens is 475 g/mol. The number of fused-ring (bicyclic) bond motifs is 1. The SMILES string of the molecule is Nc1ncnc2c(C3CCC(=O)CC3)nn(-c3ccc(C(=O)Nc4cc(C(F)(F)F)ccn4)cc3)c12. The number of benzene rings is 1. The largest absolute Gasteiger partial charge is 0.416 e. The number of anilines is 2. The number of alkyl halides is 3. The van der Waals surface area contributed by atoms with E-state index in [2.05, 4.69) is 20.3 Å². The monoisotopic (exact) mass is 495 g/mol. The van der Waals surface area contributed by atoms with Gasteiger partial charge in [0.2, 0.25) is 0 Å². The number of hydrogen-bond donors (Lipinski definition) is 2. The molecule has 4 aromatic rings. The van der Waals surface area contributed by atoms with Gasteiger partial charge in [-0.1, -0.05) is 0 Å². The first-order valence-electron chi connectivity index (χ1n) is 11.2. The van der Waals surface area contributed by atoms with Crippen molar-refractivity contribution in [3.63, 3.8) is 0 Å². The van der Waals surface area contributed by atoms with E-state index in [4.69, 9.17) is 10.8 Å². The van der Waals surface area contributed by atoms with Crippen LogP contribution in [0.5, 0.6) is 0 Å². The number of nitrogens with two attached hydrogens (primary N) is 1. The number of rotatable bonds is 4. The molecule has 0 radical (unpaired) electrons. The van der Waals surface area contributed by atoms with E-state index >= 15 is 0 Å². The summed E-state index contributed by atoms with van der Waals surface area (Å²) in [6, 6.07) is 7.91. The Bertz CT molecular complexity index is 1460. The Morgan fingerprint density at radius 3 is 2.47 bits per heavy atom. The van der Waals surface area contributed by atoms with Crippen molar-refractivity contribution in [1.82, 2.24) is 24.7 Å². The standard InChI is InChI=1S/C24H20F3N7O2/c25-24(26,27)15-9-10-29-18(11-15)32-23(36)14-1-5-16(6-2-14)34-21-20(30-12-31-22(21)28)19(33-34)13-3-7-17(35)8-4-13/h1-2,5-6,9-13H,3-4,7-8H2,(H2,28,30,31)(H,29,32,36). The molecule has 1 aliphatic carbocycles. The number of ketones is 1. The first kappa shape index (κ1) is 23.4.